The average molecular weight is 311 g/mol. The van der Waals surface area contributed by atoms with E-state index in [1.807, 2.05) is 24.4 Å². The number of hydrogen-bond donors (Lipinski definition) is 2. The molecule has 0 aliphatic rings. The second kappa shape index (κ2) is 7.26. The summed E-state index contributed by atoms with van der Waals surface area (Å²) in [6, 6.07) is 9.06. The van der Waals surface area contributed by atoms with Gasteiger partial charge in [-0.25, -0.2) is 0 Å². The number of rotatable bonds is 7. The molecule has 3 aromatic rings. The van der Waals surface area contributed by atoms with Crippen molar-refractivity contribution in [3.63, 3.8) is 0 Å². The first-order valence-electron chi connectivity index (χ1n) is 7.29. The van der Waals surface area contributed by atoms with Crippen molar-refractivity contribution in [2.45, 2.75) is 6.54 Å². The number of aromatic nitrogens is 3. The highest BCUT2D eigenvalue weighted by atomic mass is 16.4. The topological polar surface area (TPSA) is 85.0 Å². The van der Waals surface area contributed by atoms with Crippen LogP contribution in [-0.4, -0.2) is 33.8 Å². The van der Waals surface area contributed by atoms with Gasteiger partial charge in [-0.2, -0.15) is 5.10 Å². The molecule has 0 fully saturated rings. The highest BCUT2D eigenvalue weighted by molar-refractivity contribution is 5.91. The first kappa shape index (κ1) is 14.8. The van der Waals surface area contributed by atoms with Crippen LogP contribution in [-0.2, 0) is 6.54 Å². The van der Waals surface area contributed by atoms with Gasteiger partial charge in [-0.3, -0.25) is 14.5 Å². The molecule has 0 aliphatic heterocycles. The van der Waals surface area contributed by atoms with Gasteiger partial charge in [0.1, 0.15) is 5.76 Å². The van der Waals surface area contributed by atoms with Gasteiger partial charge in [-0.15, -0.1) is 0 Å². The highest BCUT2D eigenvalue weighted by Gasteiger charge is 2.10. The Morgan fingerprint density at radius 1 is 1.17 bits per heavy atom. The summed E-state index contributed by atoms with van der Waals surface area (Å²) in [4.78, 5) is 16.0. The lowest BCUT2D eigenvalue weighted by Crippen LogP contribution is -2.28. The molecule has 0 radical (unpaired) electrons. The number of amides is 1. The van der Waals surface area contributed by atoms with E-state index in [0.717, 1.165) is 5.69 Å². The van der Waals surface area contributed by atoms with Crippen LogP contribution >= 0.6 is 0 Å². The zero-order valence-electron chi connectivity index (χ0n) is 12.5. The zero-order chi connectivity index (χ0) is 15.9. The number of furan rings is 1. The molecule has 3 heterocycles. The van der Waals surface area contributed by atoms with Crippen molar-refractivity contribution < 1.29 is 9.21 Å². The number of nitrogens with zero attached hydrogens (tertiary/aromatic N) is 3. The molecule has 23 heavy (non-hydrogen) atoms. The van der Waals surface area contributed by atoms with E-state index < -0.39 is 0 Å². The van der Waals surface area contributed by atoms with Gasteiger partial charge in [0.2, 0.25) is 0 Å². The van der Waals surface area contributed by atoms with Gasteiger partial charge in [0.05, 0.1) is 12.2 Å². The van der Waals surface area contributed by atoms with Gasteiger partial charge in [0.15, 0.2) is 5.76 Å². The van der Waals surface area contributed by atoms with Crippen molar-refractivity contribution in [2.75, 3.05) is 18.4 Å². The van der Waals surface area contributed by atoms with Gasteiger partial charge >= 0.3 is 0 Å². The van der Waals surface area contributed by atoms with Crippen molar-refractivity contribution in [3.05, 3.63) is 66.6 Å². The maximum absolute atomic E-state index is 12.0. The molecule has 0 aliphatic carbocycles. The van der Waals surface area contributed by atoms with Crippen LogP contribution in [0.25, 0.3) is 0 Å². The quantitative estimate of drug-likeness (QED) is 0.650. The smallest absolute Gasteiger partial charge is 0.287 e. The minimum absolute atomic E-state index is 0.232. The lowest BCUT2D eigenvalue weighted by molar-refractivity contribution is 0.0925. The van der Waals surface area contributed by atoms with Crippen LogP contribution in [0.4, 0.5) is 5.69 Å². The second-order valence-electron chi connectivity index (χ2n) is 4.89. The fourth-order valence-electron chi connectivity index (χ4n) is 2.08. The molecule has 7 heteroatoms. The van der Waals surface area contributed by atoms with Gasteiger partial charge in [0.25, 0.3) is 5.91 Å². The molecule has 3 aromatic heterocycles. The number of anilines is 1. The van der Waals surface area contributed by atoms with E-state index >= 15 is 0 Å². The molecular formula is C16H17N5O2. The molecule has 0 saturated carbocycles. The van der Waals surface area contributed by atoms with E-state index in [2.05, 4.69) is 20.7 Å². The molecule has 3 rings (SSSR count). The van der Waals surface area contributed by atoms with E-state index in [0.29, 0.717) is 31.2 Å². The summed E-state index contributed by atoms with van der Waals surface area (Å²) in [5, 5.41) is 10.1. The summed E-state index contributed by atoms with van der Waals surface area (Å²) in [7, 11) is 0. The van der Waals surface area contributed by atoms with Crippen LogP contribution in [0.5, 0.6) is 0 Å². The second-order valence-corrected chi connectivity index (χ2v) is 4.89. The Morgan fingerprint density at radius 2 is 2.13 bits per heavy atom. The molecule has 0 bridgehead atoms. The van der Waals surface area contributed by atoms with E-state index in [-0.39, 0.29) is 5.91 Å². The zero-order valence-corrected chi connectivity index (χ0v) is 12.5. The predicted octanol–water partition coefficient (Wildman–Crippen LogP) is 1.76. The molecule has 1 amide bonds. The highest BCUT2D eigenvalue weighted by Crippen LogP contribution is 2.09. The van der Waals surface area contributed by atoms with Crippen LogP contribution in [0.3, 0.4) is 0 Å². The van der Waals surface area contributed by atoms with Gasteiger partial charge in [0, 0.05) is 37.9 Å². The van der Waals surface area contributed by atoms with Crippen molar-refractivity contribution in [1.29, 1.82) is 0 Å². The first-order chi connectivity index (χ1) is 11.3. The molecule has 7 nitrogen and oxygen atoms in total. The summed E-state index contributed by atoms with van der Waals surface area (Å²) in [6.45, 7) is 1.60. The normalized spacial score (nSPS) is 10.4. The Labute approximate surface area is 133 Å². The van der Waals surface area contributed by atoms with Crippen LogP contribution in [0.1, 0.15) is 16.3 Å². The van der Waals surface area contributed by atoms with Gasteiger partial charge in [-0.1, -0.05) is 0 Å². The van der Waals surface area contributed by atoms with E-state index in [1.54, 1.807) is 35.4 Å². The van der Waals surface area contributed by atoms with Gasteiger partial charge < -0.3 is 15.1 Å². The Hall–Kier alpha value is -3.09. The largest absolute Gasteiger partial charge is 0.454 e. The van der Waals surface area contributed by atoms with Crippen LogP contribution in [0.15, 0.2) is 59.5 Å². The van der Waals surface area contributed by atoms with Crippen LogP contribution < -0.4 is 10.6 Å². The number of carbonyl (C=O) groups is 1. The number of pyridine rings is 1. The first-order valence-corrected chi connectivity index (χ1v) is 7.29. The Balaban J connectivity index is 1.44. The standard InChI is InChI=1S/C16H17N5O2/c22-16(19-9-8-18-13-3-1-6-17-11-13)15-5-4-14(23-15)12-21-10-2-7-20-21/h1-7,10-11,18H,8-9,12H2,(H,19,22). The summed E-state index contributed by atoms with van der Waals surface area (Å²) in [6.07, 6.45) is 6.98. The molecule has 0 saturated heterocycles. The Morgan fingerprint density at radius 3 is 2.91 bits per heavy atom. The SMILES string of the molecule is O=C(NCCNc1cccnc1)c1ccc(Cn2cccn2)o1. The fraction of sp³-hybridized carbons (Fsp3) is 0.188. The van der Waals surface area contributed by atoms with E-state index in [9.17, 15) is 4.79 Å². The summed E-state index contributed by atoms with van der Waals surface area (Å²) in [5.41, 5.74) is 0.918. The van der Waals surface area contributed by atoms with Crippen LogP contribution in [0, 0.1) is 0 Å². The predicted molar refractivity (Wildman–Crippen MR) is 85.1 cm³/mol. The average Bonchev–Trinajstić information content (AvgIpc) is 3.25. The lowest BCUT2D eigenvalue weighted by Gasteiger charge is -2.06. The summed E-state index contributed by atoms with van der Waals surface area (Å²) < 4.78 is 7.27. The molecule has 118 valence electrons. The minimum atomic E-state index is -0.232. The molecule has 0 unspecified atom stereocenters. The van der Waals surface area contributed by atoms with Crippen LogP contribution in [0.2, 0.25) is 0 Å². The fourth-order valence-corrected chi connectivity index (χ4v) is 2.08. The van der Waals surface area contributed by atoms with E-state index in [1.165, 1.54) is 0 Å². The van der Waals surface area contributed by atoms with E-state index in [4.69, 9.17) is 4.42 Å². The summed E-state index contributed by atoms with van der Waals surface area (Å²) >= 11 is 0. The Kier molecular flexibility index (Phi) is 4.68. The minimum Gasteiger partial charge on any atom is -0.454 e. The summed E-state index contributed by atoms with van der Waals surface area (Å²) in [5.74, 6) is 0.755. The molecular weight excluding hydrogens is 294 g/mol. The maximum atomic E-state index is 12.0. The maximum Gasteiger partial charge on any atom is 0.287 e. The van der Waals surface area contributed by atoms with Gasteiger partial charge in [-0.05, 0) is 30.3 Å². The number of hydrogen-bond acceptors (Lipinski definition) is 5. The van der Waals surface area contributed by atoms with Crippen molar-refractivity contribution in [1.82, 2.24) is 20.1 Å². The third kappa shape index (κ3) is 4.19. The molecule has 0 atom stereocenters. The third-order valence-corrected chi connectivity index (χ3v) is 3.16. The third-order valence-electron chi connectivity index (χ3n) is 3.16. The molecule has 0 spiro atoms. The number of carbonyl (C=O) groups excluding carboxylic acids is 1. The monoisotopic (exact) mass is 311 g/mol. The molecule has 2 N–H and O–H groups in total. The van der Waals surface area contributed by atoms with Crippen molar-refractivity contribution in [3.8, 4) is 0 Å². The Bertz CT molecular complexity index is 737. The van der Waals surface area contributed by atoms with Crippen molar-refractivity contribution >= 4 is 11.6 Å². The molecule has 0 aromatic carbocycles. The lowest BCUT2D eigenvalue weighted by atomic mass is 10.4. The van der Waals surface area contributed by atoms with Crippen molar-refractivity contribution in [2.24, 2.45) is 0 Å². The number of nitrogens with one attached hydrogen (secondary N) is 2.